The molecule has 3 atom stereocenters. The third-order valence-electron chi connectivity index (χ3n) is 6.57. The lowest BCUT2D eigenvalue weighted by Gasteiger charge is -2.41. The zero-order valence-corrected chi connectivity index (χ0v) is 20.5. The second-order valence-electron chi connectivity index (χ2n) is 9.05. The Kier molecular flexibility index (Phi) is 5.67. The molecule has 2 N–H and O–H groups in total. The first-order chi connectivity index (χ1) is 16.5. The molecule has 0 aromatic heterocycles. The van der Waals surface area contributed by atoms with E-state index in [1.54, 1.807) is 4.90 Å². The Labute approximate surface area is 203 Å². The summed E-state index contributed by atoms with van der Waals surface area (Å²) in [6.45, 7) is 0.321. The molecule has 3 unspecified atom stereocenters. The summed E-state index contributed by atoms with van der Waals surface area (Å²) in [7, 11) is -7.92. The zero-order valence-electron chi connectivity index (χ0n) is 18.8. The molecule has 2 aromatic rings. The molecule has 1 saturated carbocycles. The lowest BCUT2D eigenvalue weighted by atomic mass is 9.81. The molecule has 10 nitrogen and oxygen atoms in total. The number of anilines is 2. The van der Waals surface area contributed by atoms with E-state index in [0.29, 0.717) is 13.0 Å². The van der Waals surface area contributed by atoms with E-state index in [-0.39, 0.29) is 39.8 Å². The molecule has 0 radical (unpaired) electrons. The van der Waals surface area contributed by atoms with E-state index in [9.17, 15) is 26.4 Å². The summed E-state index contributed by atoms with van der Waals surface area (Å²) in [6, 6.07) is 13.2. The number of nitrogens with zero attached hydrogens (tertiary/aromatic N) is 2. The van der Waals surface area contributed by atoms with Crippen LogP contribution in [0.5, 0.6) is 0 Å². The van der Waals surface area contributed by atoms with Gasteiger partial charge in [-0.1, -0.05) is 36.8 Å². The summed E-state index contributed by atoms with van der Waals surface area (Å²) >= 11 is 0. The van der Waals surface area contributed by atoms with Crippen molar-refractivity contribution in [2.75, 3.05) is 16.3 Å². The molecular formula is C23H24N4O6S2. The summed E-state index contributed by atoms with van der Waals surface area (Å²) in [6.07, 6.45) is 3.12. The molecule has 184 valence electrons. The average Bonchev–Trinajstić information content (AvgIpc) is 3.27. The first-order valence-corrected chi connectivity index (χ1v) is 14.5. The van der Waals surface area contributed by atoms with Gasteiger partial charge >= 0.3 is 0 Å². The lowest BCUT2D eigenvalue weighted by Crippen LogP contribution is -2.58. The van der Waals surface area contributed by atoms with Crippen LogP contribution in [0.1, 0.15) is 24.8 Å². The van der Waals surface area contributed by atoms with Gasteiger partial charge < -0.3 is 10.2 Å². The van der Waals surface area contributed by atoms with Crippen molar-refractivity contribution in [1.82, 2.24) is 4.90 Å². The van der Waals surface area contributed by atoms with Gasteiger partial charge in [0.05, 0.1) is 11.9 Å². The zero-order chi connectivity index (χ0) is 25.0. The highest BCUT2D eigenvalue weighted by atomic mass is 32.2. The Morgan fingerprint density at radius 3 is 2.57 bits per heavy atom. The predicted molar refractivity (Wildman–Crippen MR) is 130 cm³/mol. The minimum Gasteiger partial charge on any atom is -0.341 e. The minimum absolute atomic E-state index is 0.0583. The number of amides is 1. The highest BCUT2D eigenvalue weighted by Gasteiger charge is 2.52. The maximum absolute atomic E-state index is 13.6. The molecule has 0 bridgehead atoms. The van der Waals surface area contributed by atoms with Crippen LogP contribution in [0, 0.1) is 11.8 Å². The van der Waals surface area contributed by atoms with Gasteiger partial charge in [-0.2, -0.15) is 8.42 Å². The fourth-order valence-electron chi connectivity index (χ4n) is 5.12. The molecule has 1 aliphatic carbocycles. The summed E-state index contributed by atoms with van der Waals surface area (Å²) in [4.78, 5) is 28.5. The number of amidine groups is 1. The van der Waals surface area contributed by atoms with Gasteiger partial charge in [-0.05, 0) is 36.6 Å². The van der Waals surface area contributed by atoms with E-state index in [1.807, 2.05) is 30.3 Å². The third kappa shape index (κ3) is 4.43. The molecule has 2 aliphatic heterocycles. The van der Waals surface area contributed by atoms with Gasteiger partial charge in [0.15, 0.2) is 11.7 Å². The lowest BCUT2D eigenvalue weighted by molar-refractivity contribution is -0.149. The number of ketones is 1. The summed E-state index contributed by atoms with van der Waals surface area (Å²) < 4.78 is 55.1. The quantitative estimate of drug-likeness (QED) is 0.579. The second-order valence-corrected chi connectivity index (χ2v) is 12.4. The average molecular weight is 517 g/mol. The number of nitrogens with one attached hydrogen (secondary N) is 2. The standard InChI is InChI=1S/C23H24N4O6S2/c1-34(30,31)25-15-10-11-17-19(12-15)35(32,33)26-22(24-17)20-21(28)16-8-5-9-18(16)27(23(20)29)13-14-6-3-2-4-7-14/h2-4,6-7,10-12,16,18,20,25H,5,8-9,13H2,1H3,(H,24,26). The smallest absolute Gasteiger partial charge is 0.286 e. The van der Waals surface area contributed by atoms with Gasteiger partial charge in [0, 0.05) is 24.2 Å². The van der Waals surface area contributed by atoms with Gasteiger partial charge in [-0.25, -0.2) is 8.42 Å². The summed E-state index contributed by atoms with van der Waals surface area (Å²) in [5.74, 6) is -2.74. The van der Waals surface area contributed by atoms with E-state index >= 15 is 0 Å². The Bertz CT molecular complexity index is 1450. The van der Waals surface area contributed by atoms with Crippen LogP contribution in [0.2, 0.25) is 0 Å². The molecule has 3 aliphatic rings. The molecular weight excluding hydrogens is 492 g/mol. The molecule has 2 fully saturated rings. The second kappa shape index (κ2) is 8.45. The van der Waals surface area contributed by atoms with E-state index in [2.05, 4.69) is 14.4 Å². The topological polar surface area (TPSA) is 142 Å². The monoisotopic (exact) mass is 516 g/mol. The molecule has 1 amide bonds. The van der Waals surface area contributed by atoms with Crippen LogP contribution in [0.15, 0.2) is 57.8 Å². The van der Waals surface area contributed by atoms with Crippen LogP contribution in [0.3, 0.4) is 0 Å². The van der Waals surface area contributed by atoms with Crippen molar-refractivity contribution in [2.45, 2.75) is 36.7 Å². The Morgan fingerprint density at radius 1 is 1.11 bits per heavy atom. The molecule has 1 saturated heterocycles. The van der Waals surface area contributed by atoms with Crippen molar-refractivity contribution in [1.29, 1.82) is 0 Å². The maximum Gasteiger partial charge on any atom is 0.286 e. The van der Waals surface area contributed by atoms with Crippen LogP contribution in [0.25, 0.3) is 0 Å². The first-order valence-electron chi connectivity index (χ1n) is 11.2. The predicted octanol–water partition coefficient (Wildman–Crippen LogP) is 1.97. The van der Waals surface area contributed by atoms with Crippen LogP contribution in [-0.2, 0) is 36.2 Å². The number of hydrogen-bond donors (Lipinski definition) is 2. The number of benzene rings is 2. The highest BCUT2D eigenvalue weighted by Crippen LogP contribution is 2.40. The third-order valence-corrected chi connectivity index (χ3v) is 8.51. The summed E-state index contributed by atoms with van der Waals surface area (Å²) in [5.41, 5.74) is 1.10. The van der Waals surface area contributed by atoms with Crippen molar-refractivity contribution < 1.29 is 26.4 Å². The molecule has 12 heteroatoms. The van der Waals surface area contributed by atoms with Crippen LogP contribution in [-0.4, -0.2) is 51.6 Å². The number of carbonyl (C=O) groups excluding carboxylic acids is 2. The number of hydrogen-bond acceptors (Lipinski definition) is 7. The van der Waals surface area contributed by atoms with E-state index < -0.39 is 31.9 Å². The molecule has 2 heterocycles. The van der Waals surface area contributed by atoms with Crippen molar-refractivity contribution >= 4 is 48.9 Å². The van der Waals surface area contributed by atoms with Crippen molar-refractivity contribution in [3.05, 3.63) is 54.1 Å². The summed E-state index contributed by atoms with van der Waals surface area (Å²) in [5, 5.41) is 2.86. The number of carbonyl (C=O) groups is 2. The fourth-order valence-corrected chi connectivity index (χ4v) is 6.85. The molecule has 0 spiro atoms. The maximum atomic E-state index is 13.6. The largest absolute Gasteiger partial charge is 0.341 e. The van der Waals surface area contributed by atoms with Gasteiger partial charge in [0.2, 0.25) is 15.9 Å². The van der Waals surface area contributed by atoms with Crippen molar-refractivity contribution in [2.24, 2.45) is 16.2 Å². The number of sulfonamides is 2. The number of likely N-dealkylation sites (tertiary alicyclic amines) is 1. The van der Waals surface area contributed by atoms with Crippen molar-refractivity contribution in [3.63, 3.8) is 0 Å². The Morgan fingerprint density at radius 2 is 1.86 bits per heavy atom. The fraction of sp³-hybridized carbons (Fsp3) is 0.348. The minimum atomic E-state index is -4.30. The highest BCUT2D eigenvalue weighted by molar-refractivity contribution is 7.92. The SMILES string of the molecule is CS(=O)(=O)Nc1ccc2c(c1)S(=O)(=O)N=C(C1C(=O)C3CCCC3N(Cc3ccccc3)C1=O)N2. The van der Waals surface area contributed by atoms with Crippen LogP contribution in [0.4, 0.5) is 11.4 Å². The number of fused-ring (bicyclic) bond motifs is 2. The number of rotatable bonds is 5. The number of Topliss-reactive ketones (excluding diaryl/α,β-unsaturated/α-hetero) is 1. The molecule has 2 aromatic carbocycles. The molecule has 35 heavy (non-hydrogen) atoms. The van der Waals surface area contributed by atoms with E-state index in [1.165, 1.54) is 12.1 Å². The van der Waals surface area contributed by atoms with E-state index in [4.69, 9.17) is 0 Å². The Hall–Kier alpha value is -3.25. The first kappa shape index (κ1) is 23.5. The Balaban J connectivity index is 1.50. The van der Waals surface area contributed by atoms with Gasteiger partial charge in [0.1, 0.15) is 10.7 Å². The van der Waals surface area contributed by atoms with Gasteiger partial charge in [-0.3, -0.25) is 14.3 Å². The number of piperidine rings is 1. The normalized spacial score (nSPS) is 25.3. The van der Waals surface area contributed by atoms with Crippen LogP contribution < -0.4 is 10.0 Å². The van der Waals surface area contributed by atoms with Crippen LogP contribution >= 0.6 is 0 Å². The van der Waals surface area contributed by atoms with Gasteiger partial charge in [-0.15, -0.1) is 4.40 Å². The van der Waals surface area contributed by atoms with Crippen molar-refractivity contribution in [3.8, 4) is 0 Å². The molecule has 5 rings (SSSR count). The van der Waals surface area contributed by atoms with E-state index in [0.717, 1.165) is 30.7 Å². The van der Waals surface area contributed by atoms with Gasteiger partial charge in [0.25, 0.3) is 10.0 Å².